The second-order valence-corrected chi connectivity index (χ2v) is 7.35. The summed E-state index contributed by atoms with van der Waals surface area (Å²) < 4.78 is 0. The van der Waals surface area contributed by atoms with Gasteiger partial charge in [0.2, 0.25) is 23.6 Å². The molecular weight excluding hydrogens is 390 g/mol. The van der Waals surface area contributed by atoms with Gasteiger partial charge >= 0.3 is 5.97 Å². The normalized spacial score (nSPS) is 18.2. The number of primary amides is 1. The third-order valence-corrected chi connectivity index (χ3v) is 4.93. The predicted molar refractivity (Wildman–Crippen MR) is 102 cm³/mol. The molecule has 1 fully saturated rings. The molecule has 0 saturated carbocycles. The number of thioether (sulfide) groups is 1. The van der Waals surface area contributed by atoms with Crippen LogP contribution in [0.5, 0.6) is 0 Å². The van der Waals surface area contributed by atoms with Gasteiger partial charge in [-0.05, 0) is 31.3 Å². The summed E-state index contributed by atoms with van der Waals surface area (Å²) in [5, 5.41) is 14.2. The van der Waals surface area contributed by atoms with E-state index in [-0.39, 0.29) is 19.5 Å². The minimum absolute atomic E-state index is 0.209. The first-order valence-corrected chi connectivity index (χ1v) is 10.2. The van der Waals surface area contributed by atoms with E-state index in [9.17, 15) is 29.1 Å². The van der Waals surface area contributed by atoms with Crippen LogP contribution < -0.4 is 22.1 Å². The van der Waals surface area contributed by atoms with Gasteiger partial charge in [0.1, 0.15) is 18.1 Å². The number of carbonyl (C=O) groups excluding carboxylic acids is 4. The van der Waals surface area contributed by atoms with Crippen LogP contribution in [0.15, 0.2) is 0 Å². The van der Waals surface area contributed by atoms with Gasteiger partial charge in [-0.2, -0.15) is 11.8 Å². The smallest absolute Gasteiger partial charge is 0.326 e. The summed E-state index contributed by atoms with van der Waals surface area (Å²) >= 11 is 1.46. The molecule has 1 rings (SSSR count). The zero-order valence-corrected chi connectivity index (χ0v) is 16.5. The van der Waals surface area contributed by atoms with Crippen LogP contribution >= 0.6 is 11.8 Å². The zero-order chi connectivity index (χ0) is 21.3. The number of aliphatic carboxylic acids is 1. The van der Waals surface area contributed by atoms with Crippen LogP contribution in [0, 0.1) is 0 Å². The molecule has 3 unspecified atom stereocenters. The average Bonchev–Trinajstić information content (AvgIpc) is 3.13. The highest BCUT2D eigenvalue weighted by molar-refractivity contribution is 7.98. The molecule has 158 valence electrons. The number of amides is 4. The van der Waals surface area contributed by atoms with Gasteiger partial charge in [-0.1, -0.05) is 0 Å². The van der Waals surface area contributed by atoms with Crippen LogP contribution in [0.1, 0.15) is 25.7 Å². The first kappa shape index (κ1) is 23.7. The van der Waals surface area contributed by atoms with Crippen molar-refractivity contribution in [2.24, 2.45) is 11.5 Å². The van der Waals surface area contributed by atoms with Gasteiger partial charge in [0.15, 0.2) is 0 Å². The molecule has 1 saturated heterocycles. The van der Waals surface area contributed by atoms with Crippen molar-refractivity contribution in [3.8, 4) is 0 Å². The van der Waals surface area contributed by atoms with E-state index in [1.807, 2.05) is 6.26 Å². The third-order valence-electron chi connectivity index (χ3n) is 4.29. The number of hydrogen-bond donors (Lipinski definition) is 5. The zero-order valence-electron chi connectivity index (χ0n) is 15.7. The lowest BCUT2D eigenvalue weighted by molar-refractivity contribution is -0.149. The molecule has 0 aromatic rings. The van der Waals surface area contributed by atoms with E-state index in [2.05, 4.69) is 10.6 Å². The molecule has 4 amide bonds. The number of carboxylic acids is 1. The highest BCUT2D eigenvalue weighted by Crippen LogP contribution is 2.19. The Hall–Kier alpha value is -2.34. The van der Waals surface area contributed by atoms with Crippen LogP contribution in [0.3, 0.4) is 0 Å². The summed E-state index contributed by atoms with van der Waals surface area (Å²) in [5.41, 5.74) is 10.5. The van der Waals surface area contributed by atoms with Crippen LogP contribution in [0.25, 0.3) is 0 Å². The SMILES string of the molecule is CSCCC(NC(=O)CN)C(=O)NC(CC(N)=O)C(=O)N1CCCC1C(=O)O. The summed E-state index contributed by atoms with van der Waals surface area (Å²) in [6.07, 6.45) is 2.44. The molecular formula is C16H27N5O6S. The Morgan fingerprint density at radius 1 is 1.21 bits per heavy atom. The van der Waals surface area contributed by atoms with Gasteiger partial charge < -0.3 is 32.1 Å². The molecule has 7 N–H and O–H groups in total. The van der Waals surface area contributed by atoms with Gasteiger partial charge in [0.05, 0.1) is 13.0 Å². The number of likely N-dealkylation sites (tertiary alicyclic amines) is 1. The van der Waals surface area contributed by atoms with E-state index in [4.69, 9.17) is 11.5 Å². The van der Waals surface area contributed by atoms with E-state index < -0.39 is 54.1 Å². The first-order valence-electron chi connectivity index (χ1n) is 8.81. The van der Waals surface area contributed by atoms with Crippen molar-refractivity contribution in [3.63, 3.8) is 0 Å². The number of nitrogens with zero attached hydrogens (tertiary/aromatic N) is 1. The highest BCUT2D eigenvalue weighted by Gasteiger charge is 2.38. The molecule has 1 aliphatic rings. The molecule has 28 heavy (non-hydrogen) atoms. The maximum Gasteiger partial charge on any atom is 0.326 e. The van der Waals surface area contributed by atoms with Gasteiger partial charge in [-0.3, -0.25) is 19.2 Å². The number of nitrogens with one attached hydrogen (secondary N) is 2. The largest absolute Gasteiger partial charge is 0.480 e. The van der Waals surface area contributed by atoms with Crippen molar-refractivity contribution in [3.05, 3.63) is 0 Å². The predicted octanol–water partition coefficient (Wildman–Crippen LogP) is -2.38. The lowest BCUT2D eigenvalue weighted by atomic mass is 10.1. The Kier molecular flexibility index (Phi) is 9.73. The van der Waals surface area contributed by atoms with Crippen molar-refractivity contribution >= 4 is 41.4 Å². The van der Waals surface area contributed by atoms with Gasteiger partial charge in [0.25, 0.3) is 0 Å². The Labute approximate surface area is 166 Å². The van der Waals surface area contributed by atoms with Gasteiger partial charge in [-0.25, -0.2) is 4.79 Å². The number of rotatable bonds is 11. The molecule has 1 aliphatic heterocycles. The van der Waals surface area contributed by atoms with Crippen LogP contribution in [0.4, 0.5) is 0 Å². The van der Waals surface area contributed by atoms with E-state index in [0.29, 0.717) is 18.6 Å². The summed E-state index contributed by atoms with van der Waals surface area (Å²) in [6, 6.07) is -3.26. The first-order chi connectivity index (χ1) is 13.2. The number of carboxylic acid groups (broad SMARTS) is 1. The topological polar surface area (TPSA) is 185 Å². The molecule has 0 aliphatic carbocycles. The molecule has 0 bridgehead atoms. The number of hydrogen-bond acceptors (Lipinski definition) is 7. The summed E-state index contributed by atoms with van der Waals surface area (Å²) in [4.78, 5) is 60.8. The molecule has 3 atom stereocenters. The fourth-order valence-electron chi connectivity index (χ4n) is 2.92. The van der Waals surface area contributed by atoms with E-state index in [1.165, 1.54) is 11.8 Å². The van der Waals surface area contributed by atoms with Crippen molar-refractivity contribution in [1.29, 1.82) is 0 Å². The molecule has 12 heteroatoms. The Morgan fingerprint density at radius 3 is 2.43 bits per heavy atom. The maximum absolute atomic E-state index is 12.8. The average molecular weight is 417 g/mol. The quantitative estimate of drug-likeness (QED) is 0.246. The summed E-state index contributed by atoms with van der Waals surface area (Å²) in [7, 11) is 0. The molecule has 0 spiro atoms. The molecule has 0 aromatic carbocycles. The minimum atomic E-state index is -1.31. The fourth-order valence-corrected chi connectivity index (χ4v) is 3.39. The summed E-state index contributed by atoms with van der Waals surface area (Å²) in [6.45, 7) is -0.0957. The lowest BCUT2D eigenvalue weighted by Crippen LogP contribution is -2.57. The summed E-state index contributed by atoms with van der Waals surface area (Å²) in [5.74, 6) is -3.30. The molecule has 1 heterocycles. The monoisotopic (exact) mass is 417 g/mol. The second kappa shape index (κ2) is 11.5. The van der Waals surface area contributed by atoms with Gasteiger partial charge in [-0.15, -0.1) is 0 Å². The van der Waals surface area contributed by atoms with Crippen molar-refractivity contribution in [2.45, 2.75) is 43.8 Å². The van der Waals surface area contributed by atoms with Crippen LogP contribution in [-0.4, -0.2) is 82.8 Å². The standard InChI is InChI=1S/C16H27N5O6S/c1-28-6-4-9(19-13(23)8-17)14(24)20-10(7-12(18)22)15(25)21-5-2-3-11(21)16(26)27/h9-11H,2-8,17H2,1H3,(H2,18,22)(H,19,23)(H,20,24)(H,26,27). The minimum Gasteiger partial charge on any atom is -0.480 e. The Morgan fingerprint density at radius 2 is 1.89 bits per heavy atom. The highest BCUT2D eigenvalue weighted by atomic mass is 32.2. The molecule has 0 aromatic heterocycles. The third kappa shape index (κ3) is 7.00. The Balaban J connectivity index is 2.94. The number of nitrogens with two attached hydrogens (primary N) is 2. The number of carbonyl (C=O) groups is 5. The van der Waals surface area contributed by atoms with E-state index in [0.717, 1.165) is 4.90 Å². The van der Waals surface area contributed by atoms with E-state index >= 15 is 0 Å². The fraction of sp³-hybridized carbons (Fsp3) is 0.688. The van der Waals surface area contributed by atoms with E-state index in [1.54, 1.807) is 0 Å². The molecule has 11 nitrogen and oxygen atoms in total. The van der Waals surface area contributed by atoms with Crippen molar-refractivity contribution < 1.29 is 29.1 Å². The van der Waals surface area contributed by atoms with Crippen molar-refractivity contribution in [1.82, 2.24) is 15.5 Å². The maximum atomic E-state index is 12.8. The second-order valence-electron chi connectivity index (χ2n) is 6.37. The van der Waals surface area contributed by atoms with Gasteiger partial charge in [0, 0.05) is 6.54 Å². The molecule has 0 radical (unpaired) electrons. The Bertz CT molecular complexity index is 616. The van der Waals surface area contributed by atoms with Crippen LogP contribution in [0.2, 0.25) is 0 Å². The van der Waals surface area contributed by atoms with Crippen molar-refractivity contribution in [2.75, 3.05) is 25.1 Å². The van der Waals surface area contributed by atoms with Crippen LogP contribution in [-0.2, 0) is 24.0 Å². The lowest BCUT2D eigenvalue weighted by Gasteiger charge is -2.28.